The summed E-state index contributed by atoms with van der Waals surface area (Å²) in [4.78, 5) is 13.0. The molecule has 1 aromatic carbocycles. The van der Waals surface area contributed by atoms with Crippen LogP contribution in [0.2, 0.25) is 5.02 Å². The van der Waals surface area contributed by atoms with E-state index in [0.717, 1.165) is 25.0 Å². The average Bonchev–Trinajstić information content (AvgIpc) is 2.75. The number of hydrogen-bond acceptors (Lipinski definition) is 3. The van der Waals surface area contributed by atoms with Crippen LogP contribution in [-0.4, -0.2) is 31.8 Å². The van der Waals surface area contributed by atoms with Crippen molar-refractivity contribution in [3.8, 4) is 0 Å². The number of sulfonamides is 1. The third-order valence-corrected chi connectivity index (χ3v) is 4.48. The first-order valence-corrected chi connectivity index (χ1v) is 7.97. The maximum atomic E-state index is 14.2. The first-order valence-electron chi connectivity index (χ1n) is 6.04. The number of hydrogen-bond donors (Lipinski definition) is 1. The summed E-state index contributed by atoms with van der Waals surface area (Å²) in [5.74, 6) is -1.72. The SMILES string of the molecule is CC1CCCN1C(=O)c1cc(Cl)cc(S(N)(=O)=O)c1F. The molecule has 1 saturated heterocycles. The van der Waals surface area contributed by atoms with E-state index in [1.807, 2.05) is 6.92 Å². The van der Waals surface area contributed by atoms with E-state index in [1.54, 1.807) is 0 Å². The lowest BCUT2D eigenvalue weighted by Crippen LogP contribution is -2.34. The van der Waals surface area contributed by atoms with E-state index in [-0.39, 0.29) is 16.6 Å². The molecule has 0 aliphatic carbocycles. The molecule has 1 amide bonds. The van der Waals surface area contributed by atoms with Gasteiger partial charge in [-0.2, -0.15) is 0 Å². The number of nitrogens with two attached hydrogens (primary N) is 1. The second-order valence-corrected chi connectivity index (χ2v) is 6.77. The average molecular weight is 321 g/mol. The molecule has 0 radical (unpaired) electrons. The molecule has 0 saturated carbocycles. The minimum atomic E-state index is -4.28. The van der Waals surface area contributed by atoms with Crippen LogP contribution in [0.1, 0.15) is 30.1 Å². The van der Waals surface area contributed by atoms with Gasteiger partial charge < -0.3 is 4.90 Å². The van der Waals surface area contributed by atoms with E-state index in [4.69, 9.17) is 16.7 Å². The molecule has 5 nitrogen and oxygen atoms in total. The Morgan fingerprint density at radius 1 is 1.50 bits per heavy atom. The van der Waals surface area contributed by atoms with Gasteiger partial charge >= 0.3 is 0 Å². The summed E-state index contributed by atoms with van der Waals surface area (Å²) in [5.41, 5.74) is -0.365. The molecule has 0 bridgehead atoms. The molecule has 1 aliphatic heterocycles. The lowest BCUT2D eigenvalue weighted by atomic mass is 10.1. The number of likely N-dealkylation sites (tertiary alicyclic amines) is 1. The Bertz CT molecular complexity index is 663. The van der Waals surface area contributed by atoms with E-state index in [0.29, 0.717) is 6.54 Å². The number of primary sulfonamides is 1. The lowest BCUT2D eigenvalue weighted by molar-refractivity contribution is 0.0742. The fraction of sp³-hybridized carbons (Fsp3) is 0.417. The molecule has 1 aliphatic rings. The summed E-state index contributed by atoms with van der Waals surface area (Å²) in [7, 11) is -4.28. The van der Waals surface area contributed by atoms with Gasteiger partial charge in [-0.15, -0.1) is 0 Å². The van der Waals surface area contributed by atoms with Crippen molar-refractivity contribution >= 4 is 27.5 Å². The predicted octanol–water partition coefficient (Wildman–Crippen LogP) is 1.75. The van der Waals surface area contributed by atoms with Gasteiger partial charge in [0.2, 0.25) is 10.0 Å². The number of halogens is 2. The highest BCUT2D eigenvalue weighted by Gasteiger charge is 2.30. The number of rotatable bonds is 2. The Labute approximate surface area is 121 Å². The summed E-state index contributed by atoms with van der Waals surface area (Å²) >= 11 is 5.76. The molecule has 0 spiro atoms. The van der Waals surface area contributed by atoms with Gasteiger partial charge in [0.05, 0.1) is 5.56 Å². The van der Waals surface area contributed by atoms with Crippen molar-refractivity contribution in [3.63, 3.8) is 0 Å². The van der Waals surface area contributed by atoms with Gasteiger partial charge in [-0.25, -0.2) is 17.9 Å². The van der Waals surface area contributed by atoms with Crippen LogP contribution in [0.3, 0.4) is 0 Å². The van der Waals surface area contributed by atoms with Crippen molar-refractivity contribution < 1.29 is 17.6 Å². The summed E-state index contributed by atoms with van der Waals surface area (Å²) < 4.78 is 36.9. The highest BCUT2D eigenvalue weighted by molar-refractivity contribution is 7.89. The summed E-state index contributed by atoms with van der Waals surface area (Å²) in [5, 5.41) is 4.87. The fourth-order valence-electron chi connectivity index (χ4n) is 2.32. The second kappa shape index (κ2) is 5.31. The van der Waals surface area contributed by atoms with Crippen molar-refractivity contribution in [1.82, 2.24) is 4.90 Å². The van der Waals surface area contributed by atoms with Gasteiger partial charge in [-0.05, 0) is 31.9 Å². The first-order chi connectivity index (χ1) is 9.21. The fourth-order valence-corrected chi connectivity index (χ4v) is 3.25. The minimum Gasteiger partial charge on any atom is -0.336 e. The van der Waals surface area contributed by atoms with Crippen LogP contribution in [-0.2, 0) is 10.0 Å². The maximum Gasteiger partial charge on any atom is 0.257 e. The molecule has 2 rings (SSSR count). The zero-order chi connectivity index (χ0) is 15.1. The molecule has 110 valence electrons. The lowest BCUT2D eigenvalue weighted by Gasteiger charge is -2.22. The third kappa shape index (κ3) is 2.79. The van der Waals surface area contributed by atoms with Crippen LogP contribution < -0.4 is 5.14 Å². The van der Waals surface area contributed by atoms with Crippen LogP contribution >= 0.6 is 11.6 Å². The van der Waals surface area contributed by atoms with Gasteiger partial charge in [-0.3, -0.25) is 4.79 Å². The van der Waals surface area contributed by atoms with E-state index in [2.05, 4.69) is 0 Å². The number of carbonyl (C=O) groups excluding carboxylic acids is 1. The number of carbonyl (C=O) groups is 1. The normalized spacial score (nSPS) is 19.4. The smallest absolute Gasteiger partial charge is 0.257 e. The molecule has 20 heavy (non-hydrogen) atoms. The van der Waals surface area contributed by atoms with Gasteiger partial charge in [0, 0.05) is 17.6 Å². The zero-order valence-corrected chi connectivity index (χ0v) is 12.3. The van der Waals surface area contributed by atoms with Crippen LogP contribution in [0.5, 0.6) is 0 Å². The number of nitrogens with zero attached hydrogens (tertiary/aromatic N) is 1. The molecule has 1 heterocycles. The molecule has 0 aromatic heterocycles. The van der Waals surface area contributed by atoms with Crippen LogP contribution in [0.25, 0.3) is 0 Å². The maximum absolute atomic E-state index is 14.2. The van der Waals surface area contributed by atoms with Crippen molar-refractivity contribution in [2.75, 3.05) is 6.54 Å². The quantitative estimate of drug-likeness (QED) is 0.901. The monoisotopic (exact) mass is 320 g/mol. The Morgan fingerprint density at radius 3 is 2.65 bits per heavy atom. The van der Waals surface area contributed by atoms with Crippen molar-refractivity contribution in [2.24, 2.45) is 5.14 Å². The first kappa shape index (κ1) is 15.2. The van der Waals surface area contributed by atoms with Crippen LogP contribution in [0, 0.1) is 5.82 Å². The highest BCUT2D eigenvalue weighted by atomic mass is 35.5. The van der Waals surface area contributed by atoms with Gasteiger partial charge in [-0.1, -0.05) is 11.6 Å². The molecular weight excluding hydrogens is 307 g/mol. The standard InChI is InChI=1S/C12H14ClFN2O3S/c1-7-3-2-4-16(7)12(17)9-5-8(13)6-10(11(9)14)20(15,18)19/h5-7H,2-4H2,1H3,(H2,15,18,19). The van der Waals surface area contributed by atoms with E-state index >= 15 is 0 Å². The van der Waals surface area contributed by atoms with Crippen LogP contribution in [0.15, 0.2) is 17.0 Å². The van der Waals surface area contributed by atoms with E-state index < -0.39 is 26.6 Å². The van der Waals surface area contributed by atoms with Crippen molar-refractivity contribution in [1.29, 1.82) is 0 Å². The summed E-state index contributed by atoms with van der Waals surface area (Å²) in [6.07, 6.45) is 1.66. The van der Waals surface area contributed by atoms with Gasteiger partial charge in [0.25, 0.3) is 5.91 Å². The van der Waals surface area contributed by atoms with Crippen molar-refractivity contribution in [2.45, 2.75) is 30.7 Å². The van der Waals surface area contributed by atoms with E-state index in [1.165, 1.54) is 4.90 Å². The zero-order valence-electron chi connectivity index (χ0n) is 10.8. The minimum absolute atomic E-state index is 0.0150. The van der Waals surface area contributed by atoms with Crippen LogP contribution in [0.4, 0.5) is 4.39 Å². The predicted molar refractivity (Wildman–Crippen MR) is 72.5 cm³/mol. The van der Waals surface area contributed by atoms with Gasteiger partial charge in [0.1, 0.15) is 4.90 Å². The van der Waals surface area contributed by atoms with Crippen molar-refractivity contribution in [3.05, 3.63) is 28.5 Å². The summed E-state index contributed by atoms with van der Waals surface area (Å²) in [6.45, 7) is 2.37. The molecule has 1 unspecified atom stereocenters. The Balaban J connectivity index is 2.52. The highest BCUT2D eigenvalue weighted by Crippen LogP contribution is 2.26. The molecular formula is C12H14ClFN2O3S. The van der Waals surface area contributed by atoms with Gasteiger partial charge in [0.15, 0.2) is 5.82 Å². The van der Waals surface area contributed by atoms with E-state index in [9.17, 15) is 17.6 Å². The number of amides is 1. The largest absolute Gasteiger partial charge is 0.336 e. The molecule has 1 fully saturated rings. The summed E-state index contributed by atoms with van der Waals surface area (Å²) in [6, 6.07) is 2.01. The Hall–Kier alpha value is -1.18. The molecule has 2 N–H and O–H groups in total. The molecule has 8 heteroatoms. The second-order valence-electron chi connectivity index (χ2n) is 4.80. The Morgan fingerprint density at radius 2 is 2.15 bits per heavy atom. The molecule has 1 aromatic rings. The Kier molecular flexibility index (Phi) is 4.04. The molecule has 1 atom stereocenters. The number of benzene rings is 1. The topological polar surface area (TPSA) is 80.5 Å². The third-order valence-electron chi connectivity index (χ3n) is 3.35.